The minimum Gasteiger partial charge on any atom is -0.495 e. The maximum absolute atomic E-state index is 11.0. The summed E-state index contributed by atoms with van der Waals surface area (Å²) in [4.78, 5) is 2.35. The molecule has 21 heavy (non-hydrogen) atoms. The number of methoxy groups -OCH3 is 1. The summed E-state index contributed by atoms with van der Waals surface area (Å²) >= 11 is 6.08. The topological polar surface area (TPSA) is 32.7 Å². The Morgan fingerprint density at radius 3 is 2.19 bits per heavy atom. The molecule has 1 aromatic rings. The number of hydrogen-bond acceptors (Lipinski definition) is 3. The van der Waals surface area contributed by atoms with E-state index >= 15 is 0 Å². The van der Waals surface area contributed by atoms with Crippen LogP contribution < -0.4 is 4.74 Å². The van der Waals surface area contributed by atoms with Gasteiger partial charge in [0.2, 0.25) is 0 Å². The van der Waals surface area contributed by atoms with E-state index in [-0.39, 0.29) is 5.54 Å². The summed E-state index contributed by atoms with van der Waals surface area (Å²) < 4.78 is 5.27. The molecule has 0 amide bonds. The van der Waals surface area contributed by atoms with E-state index in [4.69, 9.17) is 16.3 Å². The van der Waals surface area contributed by atoms with E-state index in [9.17, 15) is 5.11 Å². The van der Waals surface area contributed by atoms with Crippen molar-refractivity contribution in [3.63, 3.8) is 0 Å². The zero-order chi connectivity index (χ0) is 16.0. The van der Waals surface area contributed by atoms with Crippen LogP contribution in [0.5, 0.6) is 5.75 Å². The van der Waals surface area contributed by atoms with E-state index < -0.39 is 6.10 Å². The molecule has 0 saturated heterocycles. The highest BCUT2D eigenvalue weighted by atomic mass is 35.5. The molecule has 1 rings (SSSR count). The van der Waals surface area contributed by atoms with Crippen LogP contribution >= 0.6 is 11.6 Å². The third-order valence-corrected chi connectivity index (χ3v) is 4.93. The van der Waals surface area contributed by atoms with Crippen LogP contribution in [0.25, 0.3) is 0 Å². The average Bonchev–Trinajstić information content (AvgIpc) is 2.52. The minimum absolute atomic E-state index is 0.262. The van der Waals surface area contributed by atoms with Gasteiger partial charge in [0.1, 0.15) is 5.75 Å². The van der Waals surface area contributed by atoms with Crippen molar-refractivity contribution in [1.29, 1.82) is 0 Å². The number of nitrogens with zero attached hydrogens (tertiary/aromatic N) is 1. The summed E-state index contributed by atoms with van der Waals surface area (Å²) in [5, 5.41) is 11.6. The summed E-state index contributed by atoms with van der Waals surface area (Å²) in [6.45, 7) is 10.4. The zero-order valence-corrected chi connectivity index (χ0v) is 14.6. The van der Waals surface area contributed by atoms with E-state index in [1.165, 1.54) is 0 Å². The number of likely N-dealkylation sites (N-methyl/N-ethyl adjacent to an activating group) is 1. The van der Waals surface area contributed by atoms with E-state index in [0.717, 1.165) is 31.5 Å². The average molecular weight is 314 g/mol. The van der Waals surface area contributed by atoms with Gasteiger partial charge in [-0.05, 0) is 43.6 Å². The van der Waals surface area contributed by atoms with E-state index in [2.05, 4.69) is 32.6 Å². The van der Waals surface area contributed by atoms with Crippen LogP contribution in [0.15, 0.2) is 18.2 Å². The second kappa shape index (κ2) is 8.02. The van der Waals surface area contributed by atoms with Gasteiger partial charge in [0.15, 0.2) is 0 Å². The number of halogens is 1. The molecule has 4 heteroatoms. The van der Waals surface area contributed by atoms with Crippen molar-refractivity contribution in [1.82, 2.24) is 4.90 Å². The van der Waals surface area contributed by atoms with Crippen molar-refractivity contribution in [2.45, 2.75) is 52.2 Å². The first-order chi connectivity index (χ1) is 10.00. The quantitative estimate of drug-likeness (QED) is 0.777. The highest BCUT2D eigenvalue weighted by Crippen LogP contribution is 2.39. The summed E-state index contributed by atoms with van der Waals surface area (Å²) in [7, 11) is 1.59. The molecule has 0 saturated carbocycles. The summed E-state index contributed by atoms with van der Waals surface area (Å²) in [5.41, 5.74) is 0.592. The van der Waals surface area contributed by atoms with Gasteiger partial charge in [-0.15, -0.1) is 0 Å². The number of rotatable bonds is 8. The van der Waals surface area contributed by atoms with Crippen molar-refractivity contribution in [2.24, 2.45) is 0 Å². The lowest BCUT2D eigenvalue weighted by atomic mass is 9.81. The van der Waals surface area contributed by atoms with Gasteiger partial charge in [-0.1, -0.05) is 45.4 Å². The molecule has 0 heterocycles. The standard InChI is InChI=1S/C17H28ClNO2/c1-6-17(7-2,19(8-3)9-4)16(20)13-10-11-14(18)15(12-13)21-5/h10-12,16,20H,6-9H2,1-5H3. The Kier molecular flexibility index (Phi) is 6.98. The smallest absolute Gasteiger partial charge is 0.137 e. The molecule has 1 atom stereocenters. The lowest BCUT2D eigenvalue weighted by Crippen LogP contribution is -2.52. The predicted molar refractivity (Wildman–Crippen MR) is 89.2 cm³/mol. The first kappa shape index (κ1) is 18.3. The minimum atomic E-state index is -0.571. The Labute approximate surface area is 133 Å². The zero-order valence-electron chi connectivity index (χ0n) is 13.8. The van der Waals surface area contributed by atoms with Crippen LogP contribution in [0.1, 0.15) is 52.2 Å². The molecule has 0 aliphatic carbocycles. The summed E-state index contributed by atoms with van der Waals surface area (Å²) in [6.07, 6.45) is 1.20. The molecular formula is C17H28ClNO2. The summed E-state index contributed by atoms with van der Waals surface area (Å²) in [5.74, 6) is 0.605. The fraction of sp³-hybridized carbons (Fsp3) is 0.647. The monoisotopic (exact) mass is 313 g/mol. The molecule has 0 spiro atoms. The Bertz CT molecular complexity index is 442. The summed E-state index contributed by atoms with van der Waals surface area (Å²) in [6, 6.07) is 5.52. The van der Waals surface area contributed by atoms with Gasteiger partial charge in [0.05, 0.1) is 23.8 Å². The van der Waals surface area contributed by atoms with Crippen LogP contribution in [0.2, 0.25) is 5.02 Å². The van der Waals surface area contributed by atoms with Crippen LogP contribution in [-0.4, -0.2) is 35.7 Å². The first-order valence-corrected chi connectivity index (χ1v) is 8.14. The van der Waals surface area contributed by atoms with Gasteiger partial charge >= 0.3 is 0 Å². The molecule has 0 aliphatic heterocycles. The van der Waals surface area contributed by atoms with Crippen molar-refractivity contribution in [3.8, 4) is 5.75 Å². The third kappa shape index (κ3) is 3.53. The Hall–Kier alpha value is -0.770. The Balaban J connectivity index is 3.25. The van der Waals surface area contributed by atoms with Crippen LogP contribution in [0.4, 0.5) is 0 Å². The fourth-order valence-electron chi connectivity index (χ4n) is 3.27. The predicted octanol–water partition coefficient (Wildman–Crippen LogP) is 4.28. The van der Waals surface area contributed by atoms with Gasteiger partial charge in [0.25, 0.3) is 0 Å². The second-order valence-corrected chi connectivity index (χ2v) is 5.69. The van der Waals surface area contributed by atoms with Crippen molar-refractivity contribution < 1.29 is 9.84 Å². The molecule has 1 N–H and O–H groups in total. The normalized spacial score (nSPS) is 13.5. The van der Waals surface area contributed by atoms with Crippen molar-refractivity contribution >= 4 is 11.6 Å². The van der Waals surface area contributed by atoms with Gasteiger partial charge < -0.3 is 9.84 Å². The van der Waals surface area contributed by atoms with Crippen LogP contribution in [0.3, 0.4) is 0 Å². The highest BCUT2D eigenvalue weighted by Gasteiger charge is 2.40. The molecule has 3 nitrogen and oxygen atoms in total. The highest BCUT2D eigenvalue weighted by molar-refractivity contribution is 6.32. The SMILES string of the molecule is CCN(CC)C(CC)(CC)C(O)c1ccc(Cl)c(OC)c1. The maximum Gasteiger partial charge on any atom is 0.137 e. The van der Waals surface area contributed by atoms with Gasteiger partial charge in [-0.2, -0.15) is 0 Å². The molecule has 0 bridgehead atoms. The molecule has 120 valence electrons. The number of aliphatic hydroxyl groups is 1. The largest absolute Gasteiger partial charge is 0.495 e. The number of aliphatic hydroxyl groups excluding tert-OH is 1. The van der Waals surface area contributed by atoms with E-state index in [1.54, 1.807) is 13.2 Å². The molecule has 0 radical (unpaired) electrons. The third-order valence-electron chi connectivity index (χ3n) is 4.62. The molecule has 0 fully saturated rings. The van der Waals surface area contributed by atoms with Gasteiger partial charge in [0, 0.05) is 0 Å². The molecule has 1 aromatic carbocycles. The molecule has 0 aromatic heterocycles. The second-order valence-electron chi connectivity index (χ2n) is 5.28. The number of benzene rings is 1. The van der Waals surface area contributed by atoms with E-state index in [0.29, 0.717) is 10.8 Å². The Morgan fingerprint density at radius 1 is 1.19 bits per heavy atom. The van der Waals surface area contributed by atoms with Crippen molar-refractivity contribution in [3.05, 3.63) is 28.8 Å². The number of hydrogen-bond donors (Lipinski definition) is 1. The van der Waals surface area contributed by atoms with E-state index in [1.807, 2.05) is 12.1 Å². The fourth-order valence-corrected chi connectivity index (χ4v) is 3.46. The molecular weight excluding hydrogens is 286 g/mol. The van der Waals surface area contributed by atoms with Gasteiger partial charge in [-0.25, -0.2) is 0 Å². The molecule has 0 aliphatic rings. The van der Waals surface area contributed by atoms with Crippen LogP contribution in [0, 0.1) is 0 Å². The van der Waals surface area contributed by atoms with Gasteiger partial charge in [-0.3, -0.25) is 4.90 Å². The lowest BCUT2D eigenvalue weighted by Gasteiger charge is -2.46. The Morgan fingerprint density at radius 2 is 1.76 bits per heavy atom. The van der Waals surface area contributed by atoms with Crippen LogP contribution in [-0.2, 0) is 0 Å². The first-order valence-electron chi connectivity index (χ1n) is 7.77. The molecule has 1 unspecified atom stereocenters. The lowest BCUT2D eigenvalue weighted by molar-refractivity contribution is -0.0366. The van der Waals surface area contributed by atoms with Crippen molar-refractivity contribution in [2.75, 3.05) is 20.2 Å². The number of ether oxygens (including phenoxy) is 1. The maximum atomic E-state index is 11.0.